The van der Waals surface area contributed by atoms with Crippen molar-refractivity contribution in [1.29, 1.82) is 0 Å². The molecule has 90 valence electrons. The fraction of sp³-hybridized carbons (Fsp3) is 0.400. The number of nitrogens with zero attached hydrogens (tertiary/aromatic N) is 1. The molecule has 0 N–H and O–H groups in total. The minimum absolute atomic E-state index is 0.193. The number of quaternary nitrogens is 1. The van der Waals surface area contributed by atoms with E-state index in [9.17, 15) is 22.0 Å². The van der Waals surface area contributed by atoms with Crippen molar-refractivity contribution in [2.75, 3.05) is 20.6 Å². The Morgan fingerprint density at radius 3 is 1.38 bits per heavy atom. The molecule has 0 aliphatic rings. The van der Waals surface area contributed by atoms with Crippen LogP contribution in [0.3, 0.4) is 0 Å². The summed E-state index contributed by atoms with van der Waals surface area (Å²) in [6.07, 6.45) is 0. The van der Waals surface area contributed by atoms with Crippen LogP contribution in [0.1, 0.15) is 6.92 Å². The lowest BCUT2D eigenvalue weighted by Gasteiger charge is -2.28. The van der Waals surface area contributed by atoms with Crippen molar-refractivity contribution in [1.82, 2.24) is 4.48 Å². The lowest BCUT2D eigenvalue weighted by molar-refractivity contribution is 0.332. The predicted molar refractivity (Wildman–Crippen MR) is 50.4 cm³/mol. The third kappa shape index (κ3) is 1.77. The molecule has 0 saturated heterocycles. The summed E-state index contributed by atoms with van der Waals surface area (Å²) < 4.78 is 64.8. The Labute approximate surface area is 89.7 Å². The third-order valence-corrected chi connectivity index (χ3v) is 2.58. The van der Waals surface area contributed by atoms with E-state index in [1.165, 1.54) is 14.1 Å². The van der Waals surface area contributed by atoms with Crippen LogP contribution < -0.4 is 4.48 Å². The van der Waals surface area contributed by atoms with Crippen LogP contribution in [0.5, 0.6) is 0 Å². The molecule has 0 atom stereocenters. The first kappa shape index (κ1) is 12.9. The van der Waals surface area contributed by atoms with E-state index in [0.29, 0.717) is 0 Å². The highest BCUT2D eigenvalue weighted by Crippen LogP contribution is 2.32. The van der Waals surface area contributed by atoms with Gasteiger partial charge in [0.05, 0.1) is 20.6 Å². The summed E-state index contributed by atoms with van der Waals surface area (Å²) in [5.74, 6) is -9.50. The summed E-state index contributed by atoms with van der Waals surface area (Å²) in [5.41, 5.74) is -0.820. The standard InChI is InChI=1S/C10H11F5N/c1-4-16(2,3)10-8(14)6(12)5(11)7(13)9(10)15/h4H2,1-3H3/q+1. The average molecular weight is 240 g/mol. The Kier molecular flexibility index (Phi) is 3.23. The Bertz CT molecular complexity index is 399. The predicted octanol–water partition coefficient (Wildman–Crippen LogP) is 2.97. The van der Waals surface area contributed by atoms with Gasteiger partial charge in [-0.3, -0.25) is 4.48 Å². The van der Waals surface area contributed by atoms with Crippen molar-refractivity contribution < 1.29 is 22.0 Å². The molecule has 0 heterocycles. The van der Waals surface area contributed by atoms with Gasteiger partial charge in [0.25, 0.3) is 0 Å². The van der Waals surface area contributed by atoms with Gasteiger partial charge in [-0.25, -0.2) is 13.2 Å². The van der Waals surface area contributed by atoms with E-state index < -0.39 is 39.3 Å². The second-order valence-electron chi connectivity index (χ2n) is 3.92. The van der Waals surface area contributed by atoms with Gasteiger partial charge in [-0.1, -0.05) is 0 Å². The van der Waals surface area contributed by atoms with Crippen LogP contribution in [-0.4, -0.2) is 20.6 Å². The van der Waals surface area contributed by atoms with Crippen molar-refractivity contribution >= 4 is 5.69 Å². The van der Waals surface area contributed by atoms with Crippen LogP contribution in [0.25, 0.3) is 0 Å². The number of hydrogen-bond acceptors (Lipinski definition) is 0. The molecule has 1 aromatic rings. The van der Waals surface area contributed by atoms with E-state index in [4.69, 9.17) is 0 Å². The van der Waals surface area contributed by atoms with Crippen molar-refractivity contribution in [2.45, 2.75) is 6.92 Å². The van der Waals surface area contributed by atoms with E-state index in [1.54, 1.807) is 6.92 Å². The van der Waals surface area contributed by atoms with E-state index in [-0.39, 0.29) is 6.54 Å². The second kappa shape index (κ2) is 4.01. The quantitative estimate of drug-likeness (QED) is 0.322. The molecule has 0 unspecified atom stereocenters. The fourth-order valence-corrected chi connectivity index (χ4v) is 1.28. The molecule has 0 spiro atoms. The summed E-state index contributed by atoms with van der Waals surface area (Å²) in [6, 6.07) is 0. The average Bonchev–Trinajstić information content (AvgIpc) is 2.23. The molecule has 0 aromatic heterocycles. The zero-order valence-electron chi connectivity index (χ0n) is 9.04. The molecule has 16 heavy (non-hydrogen) atoms. The van der Waals surface area contributed by atoms with Crippen LogP contribution in [0.15, 0.2) is 0 Å². The maximum atomic E-state index is 13.3. The van der Waals surface area contributed by atoms with Crippen LogP contribution >= 0.6 is 0 Å². The summed E-state index contributed by atoms with van der Waals surface area (Å²) in [6.45, 7) is 1.77. The maximum absolute atomic E-state index is 13.3. The minimum atomic E-state index is -2.13. The third-order valence-electron chi connectivity index (χ3n) is 2.58. The van der Waals surface area contributed by atoms with Crippen molar-refractivity contribution in [3.05, 3.63) is 29.1 Å². The van der Waals surface area contributed by atoms with Gasteiger partial charge in [-0.05, 0) is 6.92 Å². The molecule has 0 saturated carbocycles. The Balaban J connectivity index is 3.65. The maximum Gasteiger partial charge on any atom is 0.225 e. The molecule has 0 bridgehead atoms. The highest BCUT2D eigenvalue weighted by molar-refractivity contribution is 5.46. The largest absolute Gasteiger partial charge is 0.291 e. The van der Waals surface area contributed by atoms with Crippen molar-refractivity contribution in [3.8, 4) is 0 Å². The lowest BCUT2D eigenvalue weighted by atomic mass is 10.2. The minimum Gasteiger partial charge on any atom is -0.291 e. The molecule has 0 amide bonds. The first-order valence-corrected chi connectivity index (χ1v) is 4.59. The van der Waals surface area contributed by atoms with Gasteiger partial charge in [-0.15, -0.1) is 0 Å². The van der Waals surface area contributed by atoms with Crippen molar-refractivity contribution in [2.24, 2.45) is 0 Å². The van der Waals surface area contributed by atoms with Gasteiger partial charge in [0.2, 0.25) is 34.8 Å². The van der Waals surface area contributed by atoms with Gasteiger partial charge < -0.3 is 0 Å². The Morgan fingerprint density at radius 2 is 1.06 bits per heavy atom. The van der Waals surface area contributed by atoms with Crippen LogP contribution in [0, 0.1) is 29.1 Å². The molecular formula is C10H11F5N+. The van der Waals surface area contributed by atoms with Gasteiger partial charge in [0.15, 0.2) is 0 Å². The highest BCUT2D eigenvalue weighted by Gasteiger charge is 2.35. The van der Waals surface area contributed by atoms with Gasteiger partial charge >= 0.3 is 0 Å². The second-order valence-corrected chi connectivity index (χ2v) is 3.92. The smallest absolute Gasteiger partial charge is 0.225 e. The highest BCUT2D eigenvalue weighted by atomic mass is 19.2. The molecule has 1 aromatic carbocycles. The van der Waals surface area contributed by atoms with Gasteiger partial charge in [0, 0.05) is 0 Å². The first-order valence-electron chi connectivity index (χ1n) is 4.59. The van der Waals surface area contributed by atoms with Gasteiger partial charge in [0.1, 0.15) is 0 Å². The van der Waals surface area contributed by atoms with Crippen molar-refractivity contribution in [3.63, 3.8) is 0 Å². The monoisotopic (exact) mass is 240 g/mol. The first-order chi connectivity index (χ1) is 7.24. The molecule has 0 aliphatic heterocycles. The Morgan fingerprint density at radius 1 is 0.750 bits per heavy atom. The molecule has 0 aliphatic carbocycles. The molecule has 6 heteroatoms. The zero-order valence-corrected chi connectivity index (χ0v) is 9.04. The zero-order chi connectivity index (χ0) is 12.7. The fourth-order valence-electron chi connectivity index (χ4n) is 1.28. The van der Waals surface area contributed by atoms with Gasteiger partial charge in [-0.2, -0.15) is 8.78 Å². The molecule has 0 radical (unpaired) electrons. The molecule has 0 fully saturated rings. The summed E-state index contributed by atoms with van der Waals surface area (Å²) in [4.78, 5) is 0. The summed E-state index contributed by atoms with van der Waals surface area (Å²) in [5, 5.41) is 0. The topological polar surface area (TPSA) is 0 Å². The van der Waals surface area contributed by atoms with E-state index in [0.717, 1.165) is 0 Å². The van der Waals surface area contributed by atoms with E-state index in [2.05, 4.69) is 0 Å². The van der Waals surface area contributed by atoms with Crippen LogP contribution in [0.4, 0.5) is 27.6 Å². The number of hydrogen-bond donors (Lipinski definition) is 0. The molecular weight excluding hydrogens is 229 g/mol. The van der Waals surface area contributed by atoms with E-state index in [1.807, 2.05) is 0 Å². The molecule has 1 nitrogen and oxygen atoms in total. The number of benzene rings is 1. The summed E-state index contributed by atoms with van der Waals surface area (Å²) >= 11 is 0. The Hall–Kier alpha value is -1.17. The lowest BCUT2D eigenvalue weighted by Crippen LogP contribution is -2.42. The SMILES string of the molecule is CC[N+](C)(C)c1c(F)c(F)c(F)c(F)c1F. The molecule has 1 rings (SSSR count). The normalized spacial score (nSPS) is 12.0. The van der Waals surface area contributed by atoms with E-state index >= 15 is 0 Å². The van der Waals surface area contributed by atoms with Crippen LogP contribution in [-0.2, 0) is 0 Å². The number of rotatable bonds is 2. The summed E-state index contributed by atoms with van der Waals surface area (Å²) in [7, 11) is 2.72. The number of halogens is 5. The van der Waals surface area contributed by atoms with Crippen LogP contribution in [0.2, 0.25) is 0 Å².